The lowest BCUT2D eigenvalue weighted by atomic mass is 10.0. The zero-order valence-electron chi connectivity index (χ0n) is 16.6. The number of amides is 2. The van der Waals surface area contributed by atoms with Crippen LogP contribution in [0.5, 0.6) is 0 Å². The van der Waals surface area contributed by atoms with Crippen molar-refractivity contribution in [1.82, 2.24) is 5.06 Å². The van der Waals surface area contributed by atoms with Gasteiger partial charge in [0, 0.05) is 11.4 Å². The third kappa shape index (κ3) is 4.21. The van der Waals surface area contributed by atoms with Gasteiger partial charge in [0.1, 0.15) is 0 Å². The number of imide groups is 1. The summed E-state index contributed by atoms with van der Waals surface area (Å²) in [5, 5.41) is 1.29. The molecule has 0 fully saturated rings. The highest BCUT2D eigenvalue weighted by atomic mass is 35.5. The molecule has 1 aliphatic heterocycles. The lowest BCUT2D eigenvalue weighted by Crippen LogP contribution is -2.39. The molecule has 156 valence electrons. The Kier molecular flexibility index (Phi) is 5.84. The minimum absolute atomic E-state index is 0.126. The second-order valence-electron chi connectivity index (χ2n) is 6.98. The molecule has 0 aliphatic carbocycles. The Bertz CT molecular complexity index is 1110. The largest absolute Gasteiger partial charge is 0.467 e. The van der Waals surface area contributed by atoms with E-state index in [9.17, 15) is 14.4 Å². The minimum Gasteiger partial charge on any atom is -0.467 e. The van der Waals surface area contributed by atoms with Crippen LogP contribution >= 0.6 is 11.6 Å². The van der Waals surface area contributed by atoms with Gasteiger partial charge in [0.05, 0.1) is 18.2 Å². The standard InChI is InChI=1S/C24H18ClNO5/c1-30-24(29)21(31-26-22(27)19-4-2-3-5-20(19)23(26)28)14-15-6-8-16(9-7-15)17-10-12-18(25)13-11-17/h2-13,21H,14H2,1H3. The fourth-order valence-electron chi connectivity index (χ4n) is 3.37. The first-order valence-corrected chi connectivity index (χ1v) is 9.93. The Morgan fingerprint density at radius 3 is 1.90 bits per heavy atom. The normalized spacial score (nSPS) is 13.8. The van der Waals surface area contributed by atoms with Gasteiger partial charge in [-0.3, -0.25) is 9.59 Å². The number of methoxy groups -OCH3 is 1. The first-order chi connectivity index (χ1) is 15.0. The monoisotopic (exact) mass is 435 g/mol. The Morgan fingerprint density at radius 1 is 0.871 bits per heavy atom. The minimum atomic E-state index is -1.16. The van der Waals surface area contributed by atoms with Gasteiger partial charge in [0.2, 0.25) is 0 Å². The number of benzene rings is 3. The van der Waals surface area contributed by atoms with Gasteiger partial charge in [-0.05, 0) is 41.0 Å². The van der Waals surface area contributed by atoms with Crippen molar-refractivity contribution in [1.29, 1.82) is 0 Å². The lowest BCUT2D eigenvalue weighted by molar-refractivity contribution is -0.177. The van der Waals surface area contributed by atoms with Crippen LogP contribution < -0.4 is 0 Å². The number of carbonyl (C=O) groups is 3. The van der Waals surface area contributed by atoms with Crippen LogP contribution in [-0.4, -0.2) is 36.1 Å². The maximum Gasteiger partial charge on any atom is 0.338 e. The molecule has 2 amide bonds. The quantitative estimate of drug-likeness (QED) is 0.426. The highest BCUT2D eigenvalue weighted by molar-refractivity contribution is 6.30. The van der Waals surface area contributed by atoms with Crippen LogP contribution in [-0.2, 0) is 20.8 Å². The summed E-state index contributed by atoms with van der Waals surface area (Å²) < 4.78 is 4.82. The van der Waals surface area contributed by atoms with Crippen molar-refractivity contribution < 1.29 is 24.0 Å². The summed E-state index contributed by atoms with van der Waals surface area (Å²) in [6, 6.07) is 21.4. The fourth-order valence-corrected chi connectivity index (χ4v) is 3.50. The van der Waals surface area contributed by atoms with Crippen LogP contribution in [0.15, 0.2) is 72.8 Å². The predicted molar refractivity (Wildman–Crippen MR) is 114 cm³/mol. The van der Waals surface area contributed by atoms with Gasteiger partial charge in [-0.1, -0.05) is 60.1 Å². The maximum atomic E-state index is 12.6. The number of rotatable bonds is 6. The molecule has 0 radical (unpaired) electrons. The number of halogens is 1. The Labute approximate surface area is 183 Å². The van der Waals surface area contributed by atoms with Crippen molar-refractivity contribution in [2.45, 2.75) is 12.5 Å². The van der Waals surface area contributed by atoms with Crippen LogP contribution in [0.25, 0.3) is 11.1 Å². The van der Waals surface area contributed by atoms with E-state index in [-0.39, 0.29) is 17.5 Å². The smallest absolute Gasteiger partial charge is 0.338 e. The summed E-state index contributed by atoms with van der Waals surface area (Å²) in [5.74, 6) is -1.89. The number of hydroxylamine groups is 2. The molecule has 7 heteroatoms. The molecule has 1 atom stereocenters. The van der Waals surface area contributed by atoms with E-state index in [0.29, 0.717) is 10.1 Å². The molecule has 3 aromatic carbocycles. The Balaban J connectivity index is 1.52. The summed E-state index contributed by atoms with van der Waals surface area (Å²) in [5.41, 5.74) is 3.25. The molecule has 4 rings (SSSR count). The van der Waals surface area contributed by atoms with Crippen LogP contribution in [0.4, 0.5) is 0 Å². The lowest BCUT2D eigenvalue weighted by Gasteiger charge is -2.20. The molecule has 6 nitrogen and oxygen atoms in total. The van der Waals surface area contributed by atoms with Crippen molar-refractivity contribution in [2.24, 2.45) is 0 Å². The van der Waals surface area contributed by atoms with Gasteiger partial charge < -0.3 is 4.74 Å². The number of esters is 1. The molecule has 0 N–H and O–H groups in total. The second kappa shape index (κ2) is 8.71. The van der Waals surface area contributed by atoms with Crippen molar-refractivity contribution >= 4 is 29.4 Å². The van der Waals surface area contributed by atoms with Gasteiger partial charge in [0.25, 0.3) is 11.8 Å². The van der Waals surface area contributed by atoms with E-state index < -0.39 is 23.9 Å². The topological polar surface area (TPSA) is 72.9 Å². The number of fused-ring (bicyclic) bond motifs is 1. The summed E-state index contributed by atoms with van der Waals surface area (Å²) >= 11 is 5.94. The van der Waals surface area contributed by atoms with Gasteiger partial charge in [-0.2, -0.15) is 0 Å². The number of hydrogen-bond donors (Lipinski definition) is 0. The highest BCUT2D eigenvalue weighted by Crippen LogP contribution is 2.25. The number of hydrogen-bond acceptors (Lipinski definition) is 5. The van der Waals surface area contributed by atoms with E-state index in [0.717, 1.165) is 16.7 Å². The van der Waals surface area contributed by atoms with Crippen molar-refractivity contribution in [2.75, 3.05) is 7.11 Å². The number of nitrogens with zero attached hydrogens (tertiary/aromatic N) is 1. The molecule has 3 aromatic rings. The van der Waals surface area contributed by atoms with Gasteiger partial charge in [0.15, 0.2) is 6.10 Å². The fraction of sp³-hybridized carbons (Fsp3) is 0.125. The molecular formula is C24H18ClNO5. The third-order valence-corrected chi connectivity index (χ3v) is 5.26. The number of carbonyl (C=O) groups excluding carboxylic acids is 3. The first kappa shape index (κ1) is 20.8. The molecule has 1 unspecified atom stereocenters. The average Bonchev–Trinajstić information content (AvgIpc) is 3.04. The van der Waals surface area contributed by atoms with E-state index in [1.54, 1.807) is 24.3 Å². The van der Waals surface area contributed by atoms with E-state index in [4.69, 9.17) is 21.2 Å². The molecule has 0 saturated heterocycles. The molecule has 1 heterocycles. The molecule has 0 saturated carbocycles. The van der Waals surface area contributed by atoms with Gasteiger partial charge in [-0.25, -0.2) is 9.63 Å². The molecule has 31 heavy (non-hydrogen) atoms. The predicted octanol–water partition coefficient (Wildman–Crippen LogP) is 4.32. The zero-order chi connectivity index (χ0) is 22.0. The van der Waals surface area contributed by atoms with Crippen LogP contribution in [0.1, 0.15) is 26.3 Å². The SMILES string of the molecule is COC(=O)C(Cc1ccc(-c2ccc(Cl)cc2)cc1)ON1C(=O)c2ccccc2C1=O. The third-order valence-electron chi connectivity index (χ3n) is 5.01. The second-order valence-corrected chi connectivity index (χ2v) is 7.41. The first-order valence-electron chi connectivity index (χ1n) is 9.55. The van der Waals surface area contributed by atoms with Crippen molar-refractivity contribution in [3.05, 3.63) is 94.5 Å². The average molecular weight is 436 g/mol. The maximum absolute atomic E-state index is 12.6. The molecule has 0 aromatic heterocycles. The molecule has 0 spiro atoms. The molecule has 1 aliphatic rings. The van der Waals surface area contributed by atoms with E-state index >= 15 is 0 Å². The van der Waals surface area contributed by atoms with E-state index in [1.807, 2.05) is 48.5 Å². The van der Waals surface area contributed by atoms with Crippen molar-refractivity contribution in [3.63, 3.8) is 0 Å². The highest BCUT2D eigenvalue weighted by Gasteiger charge is 2.39. The van der Waals surface area contributed by atoms with E-state index in [2.05, 4.69) is 0 Å². The summed E-state index contributed by atoms with van der Waals surface area (Å²) in [6.45, 7) is 0. The molecule has 0 bridgehead atoms. The van der Waals surface area contributed by atoms with Gasteiger partial charge in [-0.15, -0.1) is 5.06 Å². The molecular weight excluding hydrogens is 418 g/mol. The van der Waals surface area contributed by atoms with Crippen LogP contribution in [0.2, 0.25) is 5.02 Å². The summed E-state index contributed by atoms with van der Waals surface area (Å²) in [4.78, 5) is 42.9. The Hall–Kier alpha value is -3.48. The van der Waals surface area contributed by atoms with Crippen molar-refractivity contribution in [3.8, 4) is 11.1 Å². The van der Waals surface area contributed by atoms with Gasteiger partial charge >= 0.3 is 5.97 Å². The van der Waals surface area contributed by atoms with Crippen LogP contribution in [0, 0.1) is 0 Å². The zero-order valence-corrected chi connectivity index (χ0v) is 17.3. The summed E-state index contributed by atoms with van der Waals surface area (Å²) in [7, 11) is 1.23. The number of ether oxygens (including phenoxy) is 1. The Morgan fingerprint density at radius 2 is 1.39 bits per heavy atom. The summed E-state index contributed by atoms with van der Waals surface area (Å²) in [6.07, 6.45) is -1.03. The van der Waals surface area contributed by atoms with Crippen LogP contribution in [0.3, 0.4) is 0 Å². The van der Waals surface area contributed by atoms with E-state index in [1.165, 1.54) is 7.11 Å².